The average Bonchev–Trinajstić information content (AvgIpc) is 3.56. The minimum atomic E-state index is -0.516. The Balaban J connectivity index is 1.25. The first-order valence-electron chi connectivity index (χ1n) is 12.2. The molecule has 0 aliphatic carbocycles. The molecule has 1 aliphatic rings. The molecule has 1 N–H and O–H groups in total. The molecule has 0 spiro atoms. The number of nitrogens with one attached hydrogen (secondary N) is 1. The summed E-state index contributed by atoms with van der Waals surface area (Å²) in [5.41, 5.74) is 3.94. The Morgan fingerprint density at radius 3 is 2.76 bits per heavy atom. The number of nitrogens with zero attached hydrogens (tertiary/aromatic N) is 6. The molecular weight excluding hydrogens is 476 g/mol. The van der Waals surface area contributed by atoms with Crippen LogP contribution in [0.4, 0.5) is 8.78 Å². The molecule has 8 nitrogen and oxygen atoms in total. The molecule has 10 heteroatoms. The maximum atomic E-state index is 14.2. The van der Waals surface area contributed by atoms with Gasteiger partial charge in [0.05, 0.1) is 23.1 Å². The molecule has 0 bridgehead atoms. The summed E-state index contributed by atoms with van der Waals surface area (Å²) in [4.78, 5) is 14.2. The fourth-order valence-electron chi connectivity index (χ4n) is 5.00. The number of aromatic amines is 1. The van der Waals surface area contributed by atoms with E-state index < -0.39 is 11.6 Å². The van der Waals surface area contributed by atoms with Crippen molar-refractivity contribution in [1.82, 2.24) is 34.7 Å². The number of piperidine rings is 1. The summed E-state index contributed by atoms with van der Waals surface area (Å²) in [5, 5.41) is 17.1. The molecule has 1 aliphatic heterocycles. The topological polar surface area (TPSA) is 84.6 Å². The minimum Gasteiger partial charge on any atom is -0.319 e. The van der Waals surface area contributed by atoms with Gasteiger partial charge in [-0.2, -0.15) is 5.10 Å². The second-order valence-electron chi connectivity index (χ2n) is 9.53. The molecule has 188 valence electrons. The van der Waals surface area contributed by atoms with E-state index in [-0.39, 0.29) is 23.6 Å². The average molecular weight is 502 g/mol. The number of benzene rings is 2. The van der Waals surface area contributed by atoms with Crippen molar-refractivity contribution in [1.29, 1.82) is 0 Å². The van der Waals surface area contributed by atoms with Crippen LogP contribution in [0, 0.1) is 11.6 Å². The van der Waals surface area contributed by atoms with E-state index in [0.717, 1.165) is 47.2 Å². The number of hydrogen-bond donors (Lipinski definition) is 1. The normalized spacial score (nSPS) is 16.5. The van der Waals surface area contributed by atoms with Gasteiger partial charge in [-0.25, -0.2) is 13.5 Å². The molecule has 1 saturated heterocycles. The molecule has 0 saturated carbocycles. The molecule has 4 heterocycles. The van der Waals surface area contributed by atoms with Crippen molar-refractivity contribution in [3.05, 3.63) is 94.2 Å². The van der Waals surface area contributed by atoms with E-state index in [9.17, 15) is 13.6 Å². The second-order valence-corrected chi connectivity index (χ2v) is 9.53. The zero-order valence-electron chi connectivity index (χ0n) is 20.2. The van der Waals surface area contributed by atoms with Crippen LogP contribution >= 0.6 is 0 Å². The fourth-order valence-corrected chi connectivity index (χ4v) is 5.00. The van der Waals surface area contributed by atoms with Crippen LogP contribution in [-0.4, -0.2) is 47.7 Å². The summed E-state index contributed by atoms with van der Waals surface area (Å²) >= 11 is 0. The Hall–Kier alpha value is -4.18. The van der Waals surface area contributed by atoms with Gasteiger partial charge in [0, 0.05) is 54.8 Å². The lowest BCUT2D eigenvalue weighted by molar-refractivity contribution is 0.194. The van der Waals surface area contributed by atoms with Crippen molar-refractivity contribution in [2.45, 2.75) is 25.3 Å². The Kier molecular flexibility index (Phi) is 5.88. The number of hydrogen-bond acceptors (Lipinski definition) is 5. The predicted octanol–water partition coefficient (Wildman–Crippen LogP) is 4.17. The predicted molar refractivity (Wildman–Crippen MR) is 135 cm³/mol. The third-order valence-corrected chi connectivity index (χ3v) is 7.07. The van der Waals surface area contributed by atoms with E-state index in [0.29, 0.717) is 12.2 Å². The first kappa shape index (κ1) is 23.2. The number of halogens is 2. The quantitative estimate of drug-likeness (QED) is 0.391. The van der Waals surface area contributed by atoms with Gasteiger partial charge in [-0.05, 0) is 55.8 Å². The van der Waals surface area contributed by atoms with Crippen molar-refractivity contribution in [2.75, 3.05) is 13.1 Å². The van der Waals surface area contributed by atoms with Crippen molar-refractivity contribution in [3.8, 4) is 16.9 Å². The fraction of sp³-hybridized carbons (Fsp3) is 0.259. The van der Waals surface area contributed by atoms with Crippen LogP contribution in [0.5, 0.6) is 0 Å². The van der Waals surface area contributed by atoms with E-state index in [1.165, 1.54) is 22.8 Å². The molecule has 3 aromatic heterocycles. The molecule has 1 atom stereocenters. The van der Waals surface area contributed by atoms with E-state index in [4.69, 9.17) is 0 Å². The number of aryl methyl sites for hydroxylation is 1. The smallest absolute Gasteiger partial charge is 0.250 e. The highest BCUT2D eigenvalue weighted by Gasteiger charge is 2.25. The Morgan fingerprint density at radius 2 is 1.95 bits per heavy atom. The Labute approximate surface area is 211 Å². The SMILES string of the molecule is Cn1ccc(-c2n[nH]c3ccc(-n4cc([C@@H]5CCCN(Cc6c(F)cccc6F)C5)nn4)cc23)cc1=O. The van der Waals surface area contributed by atoms with Crippen LogP contribution in [0.15, 0.2) is 65.7 Å². The molecule has 2 aromatic carbocycles. The molecule has 1 fully saturated rings. The number of H-pyrrole nitrogens is 1. The zero-order valence-corrected chi connectivity index (χ0v) is 20.2. The number of rotatable bonds is 5. The summed E-state index contributed by atoms with van der Waals surface area (Å²) in [5.74, 6) is -0.915. The highest BCUT2D eigenvalue weighted by molar-refractivity contribution is 5.94. The van der Waals surface area contributed by atoms with Crippen LogP contribution in [0.1, 0.15) is 30.0 Å². The molecule has 37 heavy (non-hydrogen) atoms. The second kappa shape index (κ2) is 9.36. The number of likely N-dealkylation sites (tertiary alicyclic amines) is 1. The lowest BCUT2D eigenvalue weighted by atomic mass is 9.95. The summed E-state index contributed by atoms with van der Waals surface area (Å²) in [6.45, 7) is 1.66. The lowest BCUT2D eigenvalue weighted by Gasteiger charge is -2.31. The maximum Gasteiger partial charge on any atom is 0.250 e. The van der Waals surface area contributed by atoms with Gasteiger partial charge in [0.15, 0.2) is 0 Å². The largest absolute Gasteiger partial charge is 0.319 e. The van der Waals surface area contributed by atoms with E-state index in [1.54, 1.807) is 24.0 Å². The molecule has 0 amide bonds. The summed E-state index contributed by atoms with van der Waals surface area (Å²) in [6, 6.07) is 13.2. The Bertz CT molecular complexity index is 1630. The summed E-state index contributed by atoms with van der Waals surface area (Å²) < 4.78 is 31.6. The van der Waals surface area contributed by atoms with E-state index in [2.05, 4.69) is 25.4 Å². The molecular formula is C27H25F2N7O. The maximum absolute atomic E-state index is 14.2. The first-order chi connectivity index (χ1) is 18.0. The van der Waals surface area contributed by atoms with Gasteiger partial charge in [0.1, 0.15) is 17.3 Å². The lowest BCUT2D eigenvalue weighted by Crippen LogP contribution is -2.34. The van der Waals surface area contributed by atoms with Crippen LogP contribution in [-0.2, 0) is 13.6 Å². The van der Waals surface area contributed by atoms with E-state index >= 15 is 0 Å². The van der Waals surface area contributed by atoms with Crippen molar-refractivity contribution in [2.24, 2.45) is 7.05 Å². The van der Waals surface area contributed by atoms with Gasteiger partial charge in [0.2, 0.25) is 0 Å². The first-order valence-corrected chi connectivity index (χ1v) is 12.2. The highest BCUT2D eigenvalue weighted by Crippen LogP contribution is 2.30. The van der Waals surface area contributed by atoms with Gasteiger partial charge < -0.3 is 4.57 Å². The van der Waals surface area contributed by atoms with Crippen molar-refractivity contribution < 1.29 is 8.78 Å². The monoisotopic (exact) mass is 501 g/mol. The van der Waals surface area contributed by atoms with Crippen LogP contribution in [0.25, 0.3) is 27.8 Å². The standard InChI is InChI=1S/C27H25F2N7O/c1-34-11-9-17(12-26(34)37)27-20-13-19(7-8-24(20)30-32-27)36-16-25(31-33-36)18-4-3-10-35(14-18)15-21-22(28)5-2-6-23(21)29/h2,5-9,11-13,16,18H,3-4,10,14-15H2,1H3,(H,30,32)/t18-/m1/s1. The van der Waals surface area contributed by atoms with Gasteiger partial charge >= 0.3 is 0 Å². The number of aromatic nitrogens is 6. The zero-order chi connectivity index (χ0) is 25.5. The number of pyridine rings is 1. The molecule has 6 rings (SSSR count). The van der Waals surface area contributed by atoms with Gasteiger partial charge in [-0.3, -0.25) is 14.8 Å². The highest BCUT2D eigenvalue weighted by atomic mass is 19.1. The third kappa shape index (κ3) is 4.44. The van der Waals surface area contributed by atoms with Gasteiger partial charge in [-0.1, -0.05) is 11.3 Å². The third-order valence-electron chi connectivity index (χ3n) is 7.07. The van der Waals surface area contributed by atoms with Gasteiger partial charge in [-0.15, -0.1) is 5.10 Å². The summed E-state index contributed by atoms with van der Waals surface area (Å²) in [6.07, 6.45) is 5.48. The van der Waals surface area contributed by atoms with E-state index in [1.807, 2.05) is 30.5 Å². The Morgan fingerprint density at radius 1 is 1.11 bits per heavy atom. The minimum absolute atomic E-state index is 0.104. The van der Waals surface area contributed by atoms with Gasteiger partial charge in [0.25, 0.3) is 5.56 Å². The molecule has 0 unspecified atom stereocenters. The summed E-state index contributed by atoms with van der Waals surface area (Å²) in [7, 11) is 1.71. The van der Waals surface area contributed by atoms with Crippen molar-refractivity contribution in [3.63, 3.8) is 0 Å². The van der Waals surface area contributed by atoms with Crippen molar-refractivity contribution >= 4 is 10.9 Å². The van der Waals surface area contributed by atoms with Crippen LogP contribution < -0.4 is 5.56 Å². The van der Waals surface area contributed by atoms with Crippen LogP contribution in [0.2, 0.25) is 0 Å². The van der Waals surface area contributed by atoms with Crippen LogP contribution in [0.3, 0.4) is 0 Å². The molecule has 5 aromatic rings. The number of fused-ring (bicyclic) bond motifs is 1. The molecule has 0 radical (unpaired) electrons.